The summed E-state index contributed by atoms with van der Waals surface area (Å²) in [6.07, 6.45) is 6.05. The van der Waals surface area contributed by atoms with E-state index < -0.39 is 0 Å². The van der Waals surface area contributed by atoms with Crippen LogP contribution in [0.3, 0.4) is 0 Å². The van der Waals surface area contributed by atoms with Crippen molar-refractivity contribution in [1.82, 2.24) is 5.32 Å². The fourth-order valence-electron chi connectivity index (χ4n) is 3.75. The van der Waals surface area contributed by atoms with Crippen LogP contribution in [0.2, 0.25) is 0 Å². The molecule has 0 saturated heterocycles. The van der Waals surface area contributed by atoms with E-state index in [0.717, 1.165) is 24.6 Å². The first-order valence-corrected chi connectivity index (χ1v) is 7.74. The molecule has 3 rings (SSSR count). The third-order valence-electron chi connectivity index (χ3n) is 4.65. The third-order valence-corrected chi connectivity index (χ3v) is 4.65. The van der Waals surface area contributed by atoms with Crippen molar-refractivity contribution in [2.75, 3.05) is 6.54 Å². The van der Waals surface area contributed by atoms with E-state index in [1.807, 2.05) is 0 Å². The van der Waals surface area contributed by atoms with Crippen LogP contribution in [0, 0.1) is 5.92 Å². The number of hydrogen-bond acceptors (Lipinski definition) is 2. The summed E-state index contributed by atoms with van der Waals surface area (Å²) in [5.41, 5.74) is 1.44. The topological polar surface area (TPSA) is 21.3 Å². The molecule has 19 heavy (non-hydrogen) atoms. The molecule has 3 unspecified atom stereocenters. The van der Waals surface area contributed by atoms with E-state index in [9.17, 15) is 0 Å². The zero-order chi connectivity index (χ0) is 13.3. The highest BCUT2D eigenvalue weighted by molar-refractivity contribution is 5.39. The molecule has 1 spiro atoms. The molecule has 1 saturated carbocycles. The van der Waals surface area contributed by atoms with Gasteiger partial charge in [0, 0.05) is 18.0 Å². The minimum Gasteiger partial charge on any atom is -0.487 e. The van der Waals surface area contributed by atoms with Gasteiger partial charge in [-0.2, -0.15) is 0 Å². The van der Waals surface area contributed by atoms with Crippen molar-refractivity contribution in [3.05, 3.63) is 29.8 Å². The smallest absolute Gasteiger partial charge is 0.124 e. The Balaban J connectivity index is 1.87. The molecule has 1 aromatic carbocycles. The second-order valence-electron chi connectivity index (χ2n) is 6.38. The minimum atomic E-state index is 0.0964. The zero-order valence-electron chi connectivity index (χ0n) is 12.1. The lowest BCUT2D eigenvalue weighted by molar-refractivity contribution is 0.0336. The Labute approximate surface area is 116 Å². The van der Waals surface area contributed by atoms with Crippen molar-refractivity contribution >= 4 is 0 Å². The van der Waals surface area contributed by atoms with Crippen LogP contribution in [0.15, 0.2) is 24.3 Å². The van der Waals surface area contributed by atoms with Gasteiger partial charge in [0.2, 0.25) is 0 Å². The van der Waals surface area contributed by atoms with E-state index in [1.165, 1.54) is 31.2 Å². The average molecular weight is 259 g/mol. The van der Waals surface area contributed by atoms with Gasteiger partial charge in [0.1, 0.15) is 11.4 Å². The maximum Gasteiger partial charge on any atom is 0.124 e. The monoisotopic (exact) mass is 259 g/mol. The molecule has 2 aliphatic rings. The number of ether oxygens (including phenoxy) is 1. The standard InChI is InChI=1S/C17H25NO/c1-3-10-18-15-12-17(9-8-13(2)11-17)19-16-7-5-4-6-14(15)16/h4-7,13,15,18H,3,8-12H2,1-2H3. The van der Waals surface area contributed by atoms with Gasteiger partial charge in [-0.05, 0) is 44.2 Å². The van der Waals surface area contributed by atoms with Crippen molar-refractivity contribution in [3.63, 3.8) is 0 Å². The summed E-state index contributed by atoms with van der Waals surface area (Å²) >= 11 is 0. The first kappa shape index (κ1) is 13.0. The minimum absolute atomic E-state index is 0.0964. The fraction of sp³-hybridized carbons (Fsp3) is 0.647. The zero-order valence-corrected chi connectivity index (χ0v) is 12.1. The quantitative estimate of drug-likeness (QED) is 0.883. The number of fused-ring (bicyclic) bond motifs is 1. The van der Waals surface area contributed by atoms with Crippen LogP contribution < -0.4 is 10.1 Å². The molecule has 3 atom stereocenters. The number of benzene rings is 1. The van der Waals surface area contributed by atoms with Gasteiger partial charge in [0.25, 0.3) is 0 Å². The van der Waals surface area contributed by atoms with Crippen LogP contribution >= 0.6 is 0 Å². The molecule has 1 aliphatic heterocycles. The van der Waals surface area contributed by atoms with E-state index >= 15 is 0 Å². The van der Waals surface area contributed by atoms with E-state index in [2.05, 4.69) is 43.4 Å². The molecule has 1 fully saturated rings. The Morgan fingerprint density at radius 1 is 1.32 bits per heavy atom. The van der Waals surface area contributed by atoms with Gasteiger partial charge in [0.05, 0.1) is 0 Å². The maximum absolute atomic E-state index is 6.42. The molecule has 1 aromatic rings. The molecule has 1 N–H and O–H groups in total. The van der Waals surface area contributed by atoms with Crippen LogP contribution in [-0.2, 0) is 0 Å². The van der Waals surface area contributed by atoms with E-state index in [4.69, 9.17) is 4.74 Å². The number of para-hydroxylation sites is 1. The molecular formula is C17H25NO. The summed E-state index contributed by atoms with van der Waals surface area (Å²) in [5, 5.41) is 3.71. The number of nitrogens with one attached hydrogen (secondary N) is 1. The predicted molar refractivity (Wildman–Crippen MR) is 78.5 cm³/mol. The van der Waals surface area contributed by atoms with Crippen molar-refractivity contribution in [1.29, 1.82) is 0 Å². The summed E-state index contributed by atoms with van der Waals surface area (Å²) in [6, 6.07) is 9.04. The van der Waals surface area contributed by atoms with Gasteiger partial charge < -0.3 is 10.1 Å². The van der Waals surface area contributed by atoms with Crippen molar-refractivity contribution in [3.8, 4) is 5.75 Å². The van der Waals surface area contributed by atoms with Crippen LogP contribution in [0.5, 0.6) is 5.75 Å². The third kappa shape index (κ3) is 2.51. The summed E-state index contributed by atoms with van der Waals surface area (Å²) < 4.78 is 6.42. The Morgan fingerprint density at radius 2 is 2.16 bits per heavy atom. The average Bonchev–Trinajstić information content (AvgIpc) is 2.76. The first-order valence-electron chi connectivity index (χ1n) is 7.74. The Hall–Kier alpha value is -1.02. The lowest BCUT2D eigenvalue weighted by Crippen LogP contribution is -2.42. The highest BCUT2D eigenvalue weighted by Crippen LogP contribution is 2.48. The van der Waals surface area contributed by atoms with Crippen LogP contribution in [0.1, 0.15) is 57.6 Å². The maximum atomic E-state index is 6.42. The molecule has 104 valence electrons. The SMILES string of the molecule is CCCNC1CC2(CCC(C)C2)Oc2ccccc21. The van der Waals surface area contributed by atoms with Gasteiger partial charge in [-0.25, -0.2) is 0 Å². The molecule has 0 amide bonds. The number of rotatable bonds is 3. The first-order chi connectivity index (χ1) is 9.22. The van der Waals surface area contributed by atoms with Gasteiger partial charge >= 0.3 is 0 Å². The lowest BCUT2D eigenvalue weighted by atomic mass is 9.85. The van der Waals surface area contributed by atoms with E-state index in [0.29, 0.717) is 6.04 Å². The highest BCUT2D eigenvalue weighted by atomic mass is 16.5. The van der Waals surface area contributed by atoms with Gasteiger partial charge in [-0.1, -0.05) is 32.0 Å². The normalized spacial score (nSPS) is 33.2. The summed E-state index contributed by atoms with van der Waals surface area (Å²) in [6.45, 7) is 5.67. The second kappa shape index (κ2) is 5.16. The number of hydrogen-bond donors (Lipinski definition) is 1. The van der Waals surface area contributed by atoms with Crippen LogP contribution in [0.25, 0.3) is 0 Å². The Bertz CT molecular complexity index is 445. The van der Waals surface area contributed by atoms with Crippen LogP contribution in [-0.4, -0.2) is 12.1 Å². The fourth-order valence-corrected chi connectivity index (χ4v) is 3.75. The Morgan fingerprint density at radius 3 is 2.89 bits per heavy atom. The predicted octanol–water partition coefficient (Wildman–Crippen LogP) is 4.07. The molecule has 0 aromatic heterocycles. The molecule has 0 radical (unpaired) electrons. The molecule has 1 aliphatic carbocycles. The summed E-state index contributed by atoms with van der Waals surface area (Å²) in [5.74, 6) is 1.91. The molecule has 0 bridgehead atoms. The van der Waals surface area contributed by atoms with Crippen molar-refractivity contribution in [2.24, 2.45) is 5.92 Å². The van der Waals surface area contributed by atoms with E-state index in [1.54, 1.807) is 0 Å². The van der Waals surface area contributed by atoms with Gasteiger partial charge in [-0.15, -0.1) is 0 Å². The Kier molecular flexibility index (Phi) is 3.53. The lowest BCUT2D eigenvalue weighted by Gasteiger charge is -2.40. The summed E-state index contributed by atoms with van der Waals surface area (Å²) in [7, 11) is 0. The molecular weight excluding hydrogens is 234 g/mol. The van der Waals surface area contributed by atoms with Gasteiger partial charge in [0.15, 0.2) is 0 Å². The van der Waals surface area contributed by atoms with Crippen molar-refractivity contribution in [2.45, 2.75) is 57.6 Å². The van der Waals surface area contributed by atoms with Gasteiger partial charge in [-0.3, -0.25) is 0 Å². The van der Waals surface area contributed by atoms with Crippen LogP contribution in [0.4, 0.5) is 0 Å². The van der Waals surface area contributed by atoms with Crippen molar-refractivity contribution < 1.29 is 4.74 Å². The molecule has 1 heterocycles. The highest BCUT2D eigenvalue weighted by Gasteiger charge is 2.45. The second-order valence-corrected chi connectivity index (χ2v) is 6.38. The summed E-state index contributed by atoms with van der Waals surface area (Å²) in [4.78, 5) is 0. The largest absolute Gasteiger partial charge is 0.487 e. The molecule has 2 heteroatoms. The van der Waals surface area contributed by atoms with E-state index in [-0.39, 0.29) is 5.60 Å². The molecule has 2 nitrogen and oxygen atoms in total.